The number of carbonyl (C=O) groups excluding carboxylic acids is 1. The first-order chi connectivity index (χ1) is 12.7. The smallest absolute Gasteiger partial charge is 0.411 e. The molecular formula is C19H21ClN2O5. The van der Waals surface area contributed by atoms with Crippen molar-refractivity contribution in [2.24, 2.45) is 0 Å². The second-order valence-electron chi connectivity index (χ2n) is 7.41. The molecule has 1 aromatic heterocycles. The second kappa shape index (κ2) is 7.23. The molecule has 1 aliphatic heterocycles. The number of amides is 1. The fourth-order valence-electron chi connectivity index (χ4n) is 3.03. The highest BCUT2D eigenvalue weighted by Crippen LogP contribution is 2.31. The third kappa shape index (κ3) is 4.24. The van der Waals surface area contributed by atoms with Gasteiger partial charge in [0, 0.05) is 28.4 Å². The van der Waals surface area contributed by atoms with Crippen LogP contribution in [0.25, 0.3) is 10.8 Å². The first-order valence-electron chi connectivity index (χ1n) is 8.58. The highest BCUT2D eigenvalue weighted by atomic mass is 35.5. The fourth-order valence-corrected chi connectivity index (χ4v) is 3.27. The third-order valence-corrected chi connectivity index (χ3v) is 4.50. The summed E-state index contributed by atoms with van der Waals surface area (Å²) in [6, 6.07) is 6.17. The number of likely N-dealkylation sites (tertiary alicyclic amines) is 1. The van der Waals surface area contributed by atoms with Gasteiger partial charge in [0.25, 0.3) is 0 Å². The molecule has 2 heterocycles. The number of hydrogen-bond acceptors (Lipinski definition) is 5. The Bertz CT molecular complexity index is 880. The molecule has 2 aromatic rings. The maximum absolute atomic E-state index is 12.4. The fraction of sp³-hybridized carbons (Fsp3) is 0.421. The van der Waals surface area contributed by atoms with Crippen molar-refractivity contribution < 1.29 is 24.2 Å². The molecule has 8 heteroatoms. The molecule has 0 aliphatic carbocycles. The Morgan fingerprint density at radius 3 is 2.67 bits per heavy atom. The Morgan fingerprint density at radius 1 is 1.26 bits per heavy atom. The van der Waals surface area contributed by atoms with Crippen molar-refractivity contribution >= 4 is 34.4 Å². The lowest BCUT2D eigenvalue weighted by atomic mass is 10.1. The molecule has 0 saturated carbocycles. The zero-order valence-corrected chi connectivity index (χ0v) is 16.1. The van der Waals surface area contributed by atoms with Gasteiger partial charge in [-0.15, -0.1) is 0 Å². The number of nitrogens with zero attached hydrogens (tertiary/aromatic N) is 2. The van der Waals surface area contributed by atoms with E-state index in [0.717, 1.165) is 10.8 Å². The standard InChI is InChI=1S/C19H21ClN2O5/c1-19(2,3)27-18(25)22-10-11(9-15(22)17(23)24)26-16-13-5-4-6-14(20)12(13)7-8-21-16/h4-8,11,15H,9-10H2,1-3H3,(H,23,24)/t11-,15+/m1/s1. The molecule has 7 nitrogen and oxygen atoms in total. The normalized spacial score (nSPS) is 19.9. The van der Waals surface area contributed by atoms with Gasteiger partial charge in [0.2, 0.25) is 5.88 Å². The largest absolute Gasteiger partial charge is 0.480 e. The first-order valence-corrected chi connectivity index (χ1v) is 8.96. The highest BCUT2D eigenvalue weighted by molar-refractivity contribution is 6.35. The zero-order chi connectivity index (χ0) is 19.8. The lowest BCUT2D eigenvalue weighted by Gasteiger charge is -2.26. The molecule has 0 spiro atoms. The molecule has 1 amide bonds. The Morgan fingerprint density at radius 2 is 2.00 bits per heavy atom. The Hall–Kier alpha value is -2.54. The van der Waals surface area contributed by atoms with Gasteiger partial charge in [0.1, 0.15) is 17.7 Å². The van der Waals surface area contributed by atoms with Crippen LogP contribution in [0.1, 0.15) is 27.2 Å². The number of rotatable bonds is 3. The van der Waals surface area contributed by atoms with Crippen LogP contribution in [0.3, 0.4) is 0 Å². The Labute approximate surface area is 161 Å². The van der Waals surface area contributed by atoms with Gasteiger partial charge in [-0.3, -0.25) is 4.90 Å². The minimum atomic E-state index is -1.10. The Kier molecular flexibility index (Phi) is 5.15. The van der Waals surface area contributed by atoms with Gasteiger partial charge in [-0.25, -0.2) is 14.6 Å². The van der Waals surface area contributed by atoms with E-state index in [-0.39, 0.29) is 13.0 Å². The van der Waals surface area contributed by atoms with Crippen LogP contribution in [0, 0.1) is 0 Å². The summed E-state index contributed by atoms with van der Waals surface area (Å²) in [5, 5.41) is 11.6. The van der Waals surface area contributed by atoms with Crippen molar-refractivity contribution in [2.75, 3.05) is 6.54 Å². The van der Waals surface area contributed by atoms with Crippen LogP contribution in [0.15, 0.2) is 30.5 Å². The summed E-state index contributed by atoms with van der Waals surface area (Å²) in [5.74, 6) is -0.740. The van der Waals surface area contributed by atoms with Gasteiger partial charge in [-0.1, -0.05) is 17.7 Å². The minimum Gasteiger partial charge on any atom is -0.480 e. The Balaban J connectivity index is 1.82. The quantitative estimate of drug-likeness (QED) is 0.856. The van der Waals surface area contributed by atoms with E-state index < -0.39 is 29.8 Å². The lowest BCUT2D eigenvalue weighted by molar-refractivity contribution is -0.142. The number of carbonyl (C=O) groups is 2. The lowest BCUT2D eigenvalue weighted by Crippen LogP contribution is -2.43. The number of aliphatic carboxylic acids is 1. The molecule has 1 N–H and O–H groups in total. The number of carboxylic acid groups (broad SMARTS) is 1. The van der Waals surface area contributed by atoms with Crippen molar-refractivity contribution in [3.63, 3.8) is 0 Å². The molecular weight excluding hydrogens is 372 g/mol. The van der Waals surface area contributed by atoms with Crippen molar-refractivity contribution in [3.8, 4) is 5.88 Å². The van der Waals surface area contributed by atoms with Crippen LogP contribution in [0.2, 0.25) is 5.02 Å². The van der Waals surface area contributed by atoms with E-state index in [1.165, 1.54) is 4.90 Å². The number of aromatic nitrogens is 1. The van der Waals surface area contributed by atoms with Gasteiger partial charge < -0.3 is 14.6 Å². The van der Waals surface area contributed by atoms with Crippen LogP contribution >= 0.6 is 11.6 Å². The van der Waals surface area contributed by atoms with E-state index in [4.69, 9.17) is 21.1 Å². The van der Waals surface area contributed by atoms with Crippen LogP contribution < -0.4 is 4.74 Å². The molecule has 27 heavy (non-hydrogen) atoms. The van der Waals surface area contributed by atoms with E-state index in [1.807, 2.05) is 6.07 Å². The predicted octanol–water partition coefficient (Wildman–Crippen LogP) is 3.73. The molecule has 1 aromatic carbocycles. The molecule has 144 valence electrons. The van der Waals surface area contributed by atoms with E-state index in [2.05, 4.69) is 4.98 Å². The highest BCUT2D eigenvalue weighted by Gasteiger charge is 2.43. The van der Waals surface area contributed by atoms with Crippen LogP contribution in [-0.2, 0) is 9.53 Å². The summed E-state index contributed by atoms with van der Waals surface area (Å²) in [6.07, 6.45) is 0.539. The zero-order valence-electron chi connectivity index (χ0n) is 15.3. The van der Waals surface area contributed by atoms with E-state index >= 15 is 0 Å². The summed E-state index contributed by atoms with van der Waals surface area (Å²) in [7, 11) is 0. The summed E-state index contributed by atoms with van der Waals surface area (Å²) in [4.78, 5) is 29.4. The number of carboxylic acids is 1. The number of hydrogen-bond donors (Lipinski definition) is 1. The van der Waals surface area contributed by atoms with E-state index in [9.17, 15) is 14.7 Å². The molecule has 2 atom stereocenters. The third-order valence-electron chi connectivity index (χ3n) is 4.17. The monoisotopic (exact) mass is 392 g/mol. The molecule has 1 saturated heterocycles. The average Bonchev–Trinajstić information content (AvgIpc) is 2.99. The molecule has 0 unspecified atom stereocenters. The van der Waals surface area contributed by atoms with Gasteiger partial charge >= 0.3 is 12.1 Å². The van der Waals surface area contributed by atoms with Crippen LogP contribution in [-0.4, -0.2) is 51.3 Å². The van der Waals surface area contributed by atoms with Gasteiger partial charge in [-0.05, 0) is 39.0 Å². The minimum absolute atomic E-state index is 0.102. The number of pyridine rings is 1. The first kappa shape index (κ1) is 19.2. The van der Waals surface area contributed by atoms with Crippen molar-refractivity contribution in [1.82, 2.24) is 9.88 Å². The van der Waals surface area contributed by atoms with Gasteiger partial charge in [0.15, 0.2) is 0 Å². The van der Waals surface area contributed by atoms with Gasteiger partial charge in [-0.2, -0.15) is 0 Å². The second-order valence-corrected chi connectivity index (χ2v) is 7.82. The van der Waals surface area contributed by atoms with E-state index in [0.29, 0.717) is 10.9 Å². The van der Waals surface area contributed by atoms with Crippen molar-refractivity contribution in [2.45, 2.75) is 44.9 Å². The van der Waals surface area contributed by atoms with Crippen molar-refractivity contribution in [1.29, 1.82) is 0 Å². The SMILES string of the molecule is CC(C)(C)OC(=O)N1C[C@H](Oc2nccc3c(Cl)cccc23)C[C@H]1C(=O)O. The van der Waals surface area contributed by atoms with Crippen molar-refractivity contribution in [3.05, 3.63) is 35.5 Å². The average molecular weight is 393 g/mol. The topological polar surface area (TPSA) is 89.0 Å². The van der Waals surface area contributed by atoms with Gasteiger partial charge in [0.05, 0.1) is 6.54 Å². The number of halogens is 1. The summed E-state index contributed by atoms with van der Waals surface area (Å²) in [6.45, 7) is 5.29. The maximum atomic E-state index is 12.4. The van der Waals surface area contributed by atoms with Crippen LogP contribution in [0.4, 0.5) is 4.79 Å². The number of ether oxygens (including phenoxy) is 2. The van der Waals surface area contributed by atoms with Crippen LogP contribution in [0.5, 0.6) is 5.88 Å². The molecule has 3 rings (SSSR count). The molecule has 1 fully saturated rings. The van der Waals surface area contributed by atoms with E-state index in [1.54, 1.807) is 45.2 Å². The maximum Gasteiger partial charge on any atom is 0.411 e. The molecule has 0 radical (unpaired) electrons. The summed E-state index contributed by atoms with van der Waals surface area (Å²) < 4.78 is 11.3. The summed E-state index contributed by atoms with van der Waals surface area (Å²) in [5.41, 5.74) is -0.715. The molecule has 1 aliphatic rings. The number of fused-ring (bicyclic) bond motifs is 1. The summed E-state index contributed by atoms with van der Waals surface area (Å²) >= 11 is 6.21. The predicted molar refractivity (Wildman–Crippen MR) is 100 cm³/mol. The number of benzene rings is 1. The molecule has 0 bridgehead atoms.